The Kier molecular flexibility index (Phi) is 12.1. The van der Waals surface area contributed by atoms with Crippen molar-refractivity contribution in [3.8, 4) is 0 Å². The number of aliphatic hydroxyl groups excluding tert-OH is 1. The topological polar surface area (TPSA) is 63.3 Å². The molecule has 1 saturated carbocycles. The van der Waals surface area contributed by atoms with Gasteiger partial charge in [0.15, 0.2) is 0 Å². The van der Waals surface area contributed by atoms with Crippen LogP contribution in [0, 0.1) is 12.3 Å². The van der Waals surface area contributed by atoms with Crippen LogP contribution in [-0.4, -0.2) is 24.5 Å². The highest BCUT2D eigenvalue weighted by molar-refractivity contribution is 5.44. The number of carbonyl (C=O) groups excluding carboxylic acids is 1. The third-order valence-electron chi connectivity index (χ3n) is 2.99. The monoisotopic (exact) mass is 295 g/mol. The molecule has 0 radical (unpaired) electrons. The Bertz CT molecular complexity index is 367. The minimum Gasteiger partial charge on any atom is -0.394 e. The van der Waals surface area contributed by atoms with Crippen LogP contribution >= 0.6 is 0 Å². The highest BCUT2D eigenvalue weighted by Crippen LogP contribution is 2.58. The fraction of sp³-hybridized carbons (Fsp3) is 0.611. The third-order valence-corrected chi connectivity index (χ3v) is 2.99. The molecule has 0 aromatic heterocycles. The lowest BCUT2D eigenvalue weighted by molar-refractivity contribution is -0.106. The molecule has 1 aromatic rings. The number of hydrogen-bond acceptors (Lipinski definition) is 3. The molecular formula is C18H33NO2. The number of aldehydes is 1. The Labute approximate surface area is 130 Å². The van der Waals surface area contributed by atoms with Gasteiger partial charge in [-0.3, -0.25) is 0 Å². The van der Waals surface area contributed by atoms with Gasteiger partial charge in [0.2, 0.25) is 0 Å². The molecule has 0 bridgehead atoms. The van der Waals surface area contributed by atoms with E-state index in [1.165, 1.54) is 31.5 Å². The lowest BCUT2D eigenvalue weighted by Gasteiger charge is -2.03. The summed E-state index contributed by atoms with van der Waals surface area (Å²) in [5.74, 6) is 0.818. The quantitative estimate of drug-likeness (QED) is 0.777. The molecule has 0 spiro atoms. The second-order valence-electron chi connectivity index (χ2n) is 5.99. The summed E-state index contributed by atoms with van der Waals surface area (Å²) in [6.45, 7) is 11.7. The fourth-order valence-corrected chi connectivity index (χ4v) is 1.83. The van der Waals surface area contributed by atoms with Crippen LogP contribution in [0.4, 0.5) is 0 Å². The SMILES string of the molecule is CC(C)O.CC=O.CN.Cc1ccc(C2CC2(C)C)cc1. The van der Waals surface area contributed by atoms with Crippen molar-refractivity contribution in [2.75, 3.05) is 7.05 Å². The first-order chi connectivity index (χ1) is 9.74. The van der Waals surface area contributed by atoms with Crippen molar-refractivity contribution in [1.29, 1.82) is 0 Å². The van der Waals surface area contributed by atoms with Gasteiger partial charge in [-0.1, -0.05) is 43.7 Å². The average Bonchev–Trinajstić information content (AvgIpc) is 3.02. The second kappa shape index (κ2) is 11.5. The van der Waals surface area contributed by atoms with E-state index in [0.717, 1.165) is 12.2 Å². The van der Waals surface area contributed by atoms with Gasteiger partial charge in [-0.05, 0) is 58.1 Å². The predicted octanol–water partition coefficient (Wildman–Crippen LogP) is 3.68. The molecule has 1 unspecified atom stereocenters. The van der Waals surface area contributed by atoms with Crippen LogP contribution in [0.1, 0.15) is 58.1 Å². The largest absolute Gasteiger partial charge is 0.394 e. The normalized spacial score (nSPS) is 17.1. The Morgan fingerprint density at radius 1 is 1.24 bits per heavy atom. The minimum absolute atomic E-state index is 0.167. The lowest BCUT2D eigenvalue weighted by atomic mass is 10.0. The molecule has 0 aliphatic heterocycles. The van der Waals surface area contributed by atoms with Crippen molar-refractivity contribution < 1.29 is 9.90 Å². The molecular weight excluding hydrogens is 262 g/mol. The molecule has 1 aliphatic carbocycles. The Morgan fingerprint density at radius 3 is 1.76 bits per heavy atom. The van der Waals surface area contributed by atoms with Gasteiger partial charge in [0, 0.05) is 6.10 Å². The maximum atomic E-state index is 8.81. The number of aliphatic hydroxyl groups is 1. The maximum Gasteiger partial charge on any atom is 0.116 e. The molecule has 3 heteroatoms. The van der Waals surface area contributed by atoms with E-state index in [-0.39, 0.29) is 6.10 Å². The second-order valence-corrected chi connectivity index (χ2v) is 5.99. The fourth-order valence-electron chi connectivity index (χ4n) is 1.83. The van der Waals surface area contributed by atoms with E-state index in [0.29, 0.717) is 5.41 Å². The van der Waals surface area contributed by atoms with Gasteiger partial charge in [-0.2, -0.15) is 0 Å². The highest BCUT2D eigenvalue weighted by atomic mass is 16.3. The average molecular weight is 295 g/mol. The van der Waals surface area contributed by atoms with E-state index in [1.54, 1.807) is 13.8 Å². The van der Waals surface area contributed by atoms with E-state index in [1.807, 2.05) is 0 Å². The van der Waals surface area contributed by atoms with E-state index < -0.39 is 0 Å². The zero-order valence-electron chi connectivity index (χ0n) is 14.7. The van der Waals surface area contributed by atoms with Crippen molar-refractivity contribution in [2.24, 2.45) is 11.1 Å². The molecule has 3 N–H and O–H groups in total. The van der Waals surface area contributed by atoms with Crippen LogP contribution in [0.2, 0.25) is 0 Å². The summed E-state index contributed by atoms with van der Waals surface area (Å²) in [4.78, 5) is 8.81. The highest BCUT2D eigenvalue weighted by Gasteiger charge is 2.46. The first-order valence-corrected chi connectivity index (χ1v) is 7.46. The number of benzene rings is 1. The summed E-state index contributed by atoms with van der Waals surface area (Å²) in [6.07, 6.45) is 1.94. The van der Waals surface area contributed by atoms with E-state index in [2.05, 4.69) is 50.8 Å². The van der Waals surface area contributed by atoms with Crippen LogP contribution in [0.5, 0.6) is 0 Å². The molecule has 2 rings (SSSR count). The molecule has 3 nitrogen and oxygen atoms in total. The van der Waals surface area contributed by atoms with E-state index in [4.69, 9.17) is 9.90 Å². The maximum absolute atomic E-state index is 8.81. The summed E-state index contributed by atoms with van der Waals surface area (Å²) in [5, 5.41) is 8.06. The van der Waals surface area contributed by atoms with Crippen LogP contribution in [0.3, 0.4) is 0 Å². The van der Waals surface area contributed by atoms with Gasteiger partial charge in [0.05, 0.1) is 0 Å². The summed E-state index contributed by atoms with van der Waals surface area (Å²) >= 11 is 0. The third kappa shape index (κ3) is 11.2. The number of nitrogens with two attached hydrogens (primary N) is 1. The Balaban J connectivity index is 0. The molecule has 0 saturated heterocycles. The van der Waals surface area contributed by atoms with Crippen LogP contribution in [0.25, 0.3) is 0 Å². The minimum atomic E-state index is -0.167. The van der Waals surface area contributed by atoms with Crippen LogP contribution < -0.4 is 5.73 Å². The molecule has 21 heavy (non-hydrogen) atoms. The van der Waals surface area contributed by atoms with Crippen molar-refractivity contribution in [3.63, 3.8) is 0 Å². The first kappa shape index (κ1) is 22.1. The van der Waals surface area contributed by atoms with Crippen molar-refractivity contribution >= 4 is 6.29 Å². The van der Waals surface area contributed by atoms with E-state index in [9.17, 15) is 0 Å². The predicted molar refractivity (Wildman–Crippen MR) is 91.5 cm³/mol. The number of rotatable bonds is 1. The number of hydrogen-bond donors (Lipinski definition) is 2. The van der Waals surface area contributed by atoms with Crippen molar-refractivity contribution in [3.05, 3.63) is 35.4 Å². The molecule has 0 heterocycles. The number of aryl methyl sites for hydroxylation is 1. The van der Waals surface area contributed by atoms with Gasteiger partial charge in [-0.25, -0.2) is 0 Å². The molecule has 1 aliphatic rings. The Morgan fingerprint density at radius 2 is 1.52 bits per heavy atom. The zero-order valence-corrected chi connectivity index (χ0v) is 14.7. The van der Waals surface area contributed by atoms with Gasteiger partial charge in [0.1, 0.15) is 6.29 Å². The van der Waals surface area contributed by atoms with Crippen LogP contribution in [-0.2, 0) is 4.79 Å². The Hall–Kier alpha value is -1.19. The number of carbonyl (C=O) groups is 1. The molecule has 0 amide bonds. The van der Waals surface area contributed by atoms with Gasteiger partial charge < -0.3 is 15.6 Å². The molecule has 1 fully saturated rings. The van der Waals surface area contributed by atoms with Crippen molar-refractivity contribution in [1.82, 2.24) is 0 Å². The first-order valence-electron chi connectivity index (χ1n) is 7.46. The summed E-state index contributed by atoms with van der Waals surface area (Å²) < 4.78 is 0. The summed E-state index contributed by atoms with van der Waals surface area (Å²) in [7, 11) is 1.50. The van der Waals surface area contributed by atoms with Crippen LogP contribution in [0.15, 0.2) is 24.3 Å². The van der Waals surface area contributed by atoms with E-state index >= 15 is 0 Å². The van der Waals surface area contributed by atoms with Crippen molar-refractivity contribution in [2.45, 2.75) is 60.0 Å². The summed E-state index contributed by atoms with van der Waals surface area (Å²) in [5.41, 5.74) is 7.94. The lowest BCUT2D eigenvalue weighted by Crippen LogP contribution is -1.89. The zero-order chi connectivity index (χ0) is 17.1. The van der Waals surface area contributed by atoms with Gasteiger partial charge >= 0.3 is 0 Å². The molecule has 1 atom stereocenters. The van der Waals surface area contributed by atoms with Gasteiger partial charge in [0.25, 0.3) is 0 Å². The molecule has 122 valence electrons. The summed E-state index contributed by atoms with van der Waals surface area (Å²) in [6, 6.07) is 8.97. The molecule has 1 aromatic carbocycles. The standard InChI is InChI=1S/C12H16.C3H8O.C2H4O.CH5N/c1-9-4-6-10(7-5-9)11-8-12(11,2)3;1-3(2)4;1-2-3;1-2/h4-7,11H,8H2,1-3H3;3-4H,1-2H3;2H,1H3;2H2,1H3. The van der Waals surface area contributed by atoms with Gasteiger partial charge in [-0.15, -0.1) is 0 Å². The smallest absolute Gasteiger partial charge is 0.116 e.